The van der Waals surface area contributed by atoms with E-state index in [1.165, 1.54) is 41.6 Å². The van der Waals surface area contributed by atoms with Crippen molar-refractivity contribution < 1.29 is 0 Å². The molecule has 4 aromatic carbocycles. The maximum atomic E-state index is 5.09. The van der Waals surface area contributed by atoms with E-state index in [0.29, 0.717) is 0 Å². The van der Waals surface area contributed by atoms with Gasteiger partial charge in [0.05, 0.1) is 14.8 Å². The highest BCUT2D eigenvalue weighted by atomic mass is 32.1. The molecule has 0 bridgehead atoms. The third-order valence-corrected chi connectivity index (χ3v) is 11.3. The molecule has 1 nitrogen and oxygen atoms in total. The van der Waals surface area contributed by atoms with Gasteiger partial charge in [-0.3, -0.25) is 0 Å². The Morgan fingerprint density at radius 1 is 0.778 bits per heavy atom. The summed E-state index contributed by atoms with van der Waals surface area (Å²) < 4.78 is 2.63. The molecule has 0 atom stereocenters. The molecule has 0 aliphatic rings. The van der Waals surface area contributed by atoms with Crippen molar-refractivity contribution in [2.45, 2.75) is 20.0 Å². The molecular weight excluding hydrogens is 362 g/mol. The van der Waals surface area contributed by atoms with Crippen LogP contribution >= 0.6 is 11.3 Å². The van der Waals surface area contributed by atoms with Crippen molar-refractivity contribution >= 4 is 61.0 Å². The predicted octanol–water partition coefficient (Wildman–Crippen LogP) is 5.73. The molecule has 1 aromatic heterocycles. The zero-order valence-corrected chi connectivity index (χ0v) is 17.6. The van der Waals surface area contributed by atoms with Crippen molar-refractivity contribution in [2.24, 2.45) is 0 Å². The minimum atomic E-state index is -1.86. The highest BCUT2D eigenvalue weighted by molar-refractivity contribution is 7.33. The van der Waals surface area contributed by atoms with E-state index in [0.717, 1.165) is 5.52 Å². The van der Waals surface area contributed by atoms with E-state index in [9.17, 15) is 0 Å². The summed E-state index contributed by atoms with van der Waals surface area (Å²) in [7, 11) is -1.86. The first kappa shape index (κ1) is 16.7. The average Bonchev–Trinajstić information content (AvgIpc) is 3.14. The molecule has 5 aromatic rings. The predicted molar refractivity (Wildman–Crippen MR) is 123 cm³/mol. The van der Waals surface area contributed by atoms with Crippen molar-refractivity contribution in [1.29, 1.82) is 0 Å². The molecule has 132 valence electrons. The molecule has 0 fully saturated rings. The topological polar surface area (TPSA) is 12.9 Å². The van der Waals surface area contributed by atoms with E-state index >= 15 is 0 Å². The van der Waals surface area contributed by atoms with Crippen LogP contribution in [0, 0.1) is 6.92 Å². The second kappa shape index (κ2) is 6.01. The molecule has 5 rings (SSSR count). The zero-order chi connectivity index (χ0) is 18.6. The molecule has 0 amide bonds. The molecule has 0 saturated carbocycles. The number of nitrogens with zero attached hydrogens (tertiary/aromatic N) is 1. The third kappa shape index (κ3) is 2.61. The van der Waals surface area contributed by atoms with Crippen LogP contribution in [-0.2, 0) is 0 Å². The van der Waals surface area contributed by atoms with Crippen LogP contribution in [0.5, 0.6) is 0 Å². The Labute approximate surface area is 164 Å². The maximum Gasteiger partial charge on any atom is 0.148 e. The van der Waals surface area contributed by atoms with Crippen LogP contribution in [0.15, 0.2) is 72.8 Å². The van der Waals surface area contributed by atoms with Crippen LogP contribution in [0.25, 0.3) is 31.8 Å². The fourth-order valence-corrected chi connectivity index (χ4v) is 8.05. The van der Waals surface area contributed by atoms with E-state index in [1.807, 2.05) is 11.3 Å². The monoisotopic (exact) mass is 383 g/mol. The summed E-state index contributed by atoms with van der Waals surface area (Å²) in [5.41, 5.74) is 2.47. The van der Waals surface area contributed by atoms with Crippen molar-refractivity contribution in [3.05, 3.63) is 78.4 Å². The second-order valence-electron chi connectivity index (χ2n) is 7.79. The smallest absolute Gasteiger partial charge is 0.148 e. The highest BCUT2D eigenvalue weighted by Gasteiger charge is 2.30. The van der Waals surface area contributed by atoms with Crippen LogP contribution in [0.2, 0.25) is 13.1 Å². The first-order chi connectivity index (χ1) is 13.0. The van der Waals surface area contributed by atoms with E-state index in [2.05, 4.69) is 92.8 Å². The lowest BCUT2D eigenvalue weighted by molar-refractivity contribution is 1.52. The lowest BCUT2D eigenvalue weighted by atomic mass is 10.1. The first-order valence-electron chi connectivity index (χ1n) is 9.33. The molecule has 27 heavy (non-hydrogen) atoms. The molecule has 0 aliphatic heterocycles. The van der Waals surface area contributed by atoms with Crippen molar-refractivity contribution in [1.82, 2.24) is 4.98 Å². The fourth-order valence-electron chi connectivity index (χ4n) is 3.86. The Balaban J connectivity index is 1.70. The summed E-state index contributed by atoms with van der Waals surface area (Å²) in [5, 5.41) is 6.74. The number of hydrogen-bond donors (Lipinski definition) is 0. The molecule has 1 heterocycles. The van der Waals surface area contributed by atoms with E-state index in [4.69, 9.17) is 4.98 Å². The van der Waals surface area contributed by atoms with Gasteiger partial charge in [-0.2, -0.15) is 0 Å². The quantitative estimate of drug-likeness (QED) is 0.355. The lowest BCUT2D eigenvalue weighted by Gasteiger charge is -2.21. The van der Waals surface area contributed by atoms with Crippen LogP contribution in [0.3, 0.4) is 0 Å². The molecule has 0 N–H and O–H groups in total. The van der Waals surface area contributed by atoms with Crippen LogP contribution < -0.4 is 9.82 Å². The summed E-state index contributed by atoms with van der Waals surface area (Å²) in [6, 6.07) is 26.5. The summed E-state index contributed by atoms with van der Waals surface area (Å²) in [6.07, 6.45) is 0. The summed E-state index contributed by atoms with van der Waals surface area (Å²) in [6.45, 7) is 7.04. The molecule has 0 unspecified atom stereocenters. The molecule has 0 spiro atoms. The minimum Gasteiger partial charge on any atom is -0.246 e. The summed E-state index contributed by atoms with van der Waals surface area (Å²) in [4.78, 5) is 5.09. The lowest BCUT2D eigenvalue weighted by Crippen LogP contribution is -2.52. The van der Waals surface area contributed by atoms with Crippen molar-refractivity contribution in [2.75, 3.05) is 0 Å². The van der Waals surface area contributed by atoms with Gasteiger partial charge in [0.2, 0.25) is 0 Å². The number of aromatic nitrogens is 1. The van der Waals surface area contributed by atoms with Gasteiger partial charge in [0, 0.05) is 5.39 Å². The van der Waals surface area contributed by atoms with Gasteiger partial charge in [0.15, 0.2) is 0 Å². The molecule has 3 heteroatoms. The number of benzene rings is 4. The van der Waals surface area contributed by atoms with Gasteiger partial charge >= 0.3 is 0 Å². The number of rotatable bonds is 2. The van der Waals surface area contributed by atoms with Gasteiger partial charge in [0.1, 0.15) is 8.07 Å². The van der Waals surface area contributed by atoms with Crippen molar-refractivity contribution in [3.8, 4) is 0 Å². The van der Waals surface area contributed by atoms with Gasteiger partial charge in [-0.1, -0.05) is 85.0 Å². The van der Waals surface area contributed by atoms with Gasteiger partial charge < -0.3 is 0 Å². The summed E-state index contributed by atoms with van der Waals surface area (Å²) >= 11 is 1.89. The number of fused-ring (bicyclic) bond motifs is 4. The van der Waals surface area contributed by atoms with Gasteiger partial charge in [0.25, 0.3) is 0 Å². The van der Waals surface area contributed by atoms with Crippen LogP contribution in [-0.4, -0.2) is 13.1 Å². The number of thiazole rings is 1. The van der Waals surface area contributed by atoms with E-state index < -0.39 is 8.07 Å². The van der Waals surface area contributed by atoms with Gasteiger partial charge in [-0.25, -0.2) is 4.98 Å². The Morgan fingerprint density at radius 3 is 2.41 bits per heavy atom. The molecule has 0 saturated heterocycles. The Bertz CT molecular complexity index is 1320. The first-order valence-corrected chi connectivity index (χ1v) is 13.1. The highest BCUT2D eigenvalue weighted by Crippen LogP contribution is 2.28. The summed E-state index contributed by atoms with van der Waals surface area (Å²) in [5.74, 6) is 0. The Kier molecular flexibility index (Phi) is 3.71. The zero-order valence-electron chi connectivity index (χ0n) is 15.8. The van der Waals surface area contributed by atoms with Gasteiger partial charge in [-0.05, 0) is 34.7 Å². The number of aryl methyl sites for hydroxylation is 1. The standard InChI is InChI=1S/C24H21NSSi/c1-16-7-6-9-18-11-13-19(15-21(16)18)27(2,3)24-25-22-14-12-17-8-4-5-10-20(17)23(22)26-24/h4-15H,1-3H3. The molecule has 0 radical (unpaired) electrons. The fraction of sp³-hybridized carbons (Fsp3) is 0.125. The van der Waals surface area contributed by atoms with Crippen molar-refractivity contribution in [3.63, 3.8) is 0 Å². The van der Waals surface area contributed by atoms with Gasteiger partial charge in [-0.15, -0.1) is 11.3 Å². The Hall–Kier alpha value is -2.49. The normalized spacial score (nSPS) is 12.3. The minimum absolute atomic E-state index is 1.13. The second-order valence-corrected chi connectivity index (χ2v) is 13.5. The van der Waals surface area contributed by atoms with Crippen LogP contribution in [0.1, 0.15) is 5.56 Å². The van der Waals surface area contributed by atoms with E-state index in [-0.39, 0.29) is 0 Å². The maximum absolute atomic E-state index is 5.09. The third-order valence-electron chi connectivity index (χ3n) is 5.64. The SMILES string of the molecule is Cc1cccc2ccc([Si](C)(C)c3nc4ccc5ccccc5c4s3)cc12. The number of hydrogen-bond acceptors (Lipinski definition) is 2. The van der Waals surface area contributed by atoms with Crippen LogP contribution in [0.4, 0.5) is 0 Å². The molecular formula is C24H21NSSi. The largest absolute Gasteiger partial charge is 0.246 e. The Morgan fingerprint density at radius 2 is 1.52 bits per heavy atom. The molecule has 0 aliphatic carbocycles. The average molecular weight is 384 g/mol. The van der Waals surface area contributed by atoms with E-state index in [1.54, 1.807) is 0 Å².